The fourth-order valence-electron chi connectivity index (χ4n) is 2.58. The molecule has 7 heteroatoms. The van der Waals surface area contributed by atoms with Gasteiger partial charge < -0.3 is 24.8 Å². The van der Waals surface area contributed by atoms with Gasteiger partial charge in [-0.1, -0.05) is 30.3 Å². The van der Waals surface area contributed by atoms with Crippen LogP contribution in [0.15, 0.2) is 48.2 Å². The van der Waals surface area contributed by atoms with Gasteiger partial charge in [-0.15, -0.1) is 0 Å². The van der Waals surface area contributed by atoms with Crippen molar-refractivity contribution in [3.05, 3.63) is 59.3 Å². The van der Waals surface area contributed by atoms with Gasteiger partial charge in [-0.3, -0.25) is 9.59 Å². The number of nitrogens with one attached hydrogen (secondary N) is 2. The highest BCUT2D eigenvalue weighted by Gasteiger charge is 2.15. The van der Waals surface area contributed by atoms with Crippen LogP contribution in [0.5, 0.6) is 17.2 Å². The molecule has 148 valence electrons. The van der Waals surface area contributed by atoms with E-state index in [0.717, 1.165) is 11.1 Å². The Morgan fingerprint density at radius 2 is 1.57 bits per heavy atom. The summed E-state index contributed by atoms with van der Waals surface area (Å²) < 4.78 is 15.9. The maximum absolute atomic E-state index is 12.6. The summed E-state index contributed by atoms with van der Waals surface area (Å²) >= 11 is 0. The number of hydrogen-bond donors (Lipinski definition) is 2. The number of ether oxygens (including phenoxy) is 3. The van der Waals surface area contributed by atoms with Crippen LogP contribution in [-0.4, -0.2) is 33.1 Å². The van der Waals surface area contributed by atoms with Crippen LogP contribution >= 0.6 is 0 Å². The first kappa shape index (κ1) is 20.8. The molecule has 0 aliphatic heterocycles. The molecule has 0 saturated heterocycles. The lowest BCUT2D eigenvalue weighted by Crippen LogP contribution is -2.33. The molecule has 0 aliphatic carbocycles. The Labute approximate surface area is 164 Å². The minimum absolute atomic E-state index is 0.158. The first-order valence-electron chi connectivity index (χ1n) is 8.60. The van der Waals surface area contributed by atoms with E-state index in [-0.39, 0.29) is 18.1 Å². The number of rotatable bonds is 8. The molecule has 0 aliphatic rings. The second-order valence-corrected chi connectivity index (χ2v) is 5.87. The van der Waals surface area contributed by atoms with Crippen molar-refractivity contribution in [2.24, 2.45) is 0 Å². The SMILES string of the molecule is COc1cc(CNC(=O)/C(=C/c2ccccc2)NC(C)=O)cc(OC)c1OC. The fraction of sp³-hybridized carbons (Fsp3) is 0.238. The summed E-state index contributed by atoms with van der Waals surface area (Å²) in [5.74, 6) is 0.724. The van der Waals surface area contributed by atoms with E-state index in [2.05, 4.69) is 10.6 Å². The van der Waals surface area contributed by atoms with Gasteiger partial charge in [0.05, 0.1) is 21.3 Å². The smallest absolute Gasteiger partial charge is 0.268 e. The van der Waals surface area contributed by atoms with Crippen molar-refractivity contribution in [2.45, 2.75) is 13.5 Å². The molecule has 2 aromatic carbocycles. The van der Waals surface area contributed by atoms with E-state index in [9.17, 15) is 9.59 Å². The zero-order chi connectivity index (χ0) is 20.5. The highest BCUT2D eigenvalue weighted by Crippen LogP contribution is 2.38. The van der Waals surface area contributed by atoms with Crippen LogP contribution in [0.3, 0.4) is 0 Å². The Bertz CT molecular complexity index is 837. The third-order valence-corrected chi connectivity index (χ3v) is 3.84. The molecule has 2 N–H and O–H groups in total. The average Bonchev–Trinajstić information content (AvgIpc) is 2.70. The van der Waals surface area contributed by atoms with Crippen molar-refractivity contribution < 1.29 is 23.8 Å². The quantitative estimate of drug-likeness (QED) is 0.683. The van der Waals surface area contributed by atoms with Gasteiger partial charge in [0.15, 0.2) is 11.5 Å². The molecular formula is C21H24N2O5. The third kappa shape index (κ3) is 5.51. The topological polar surface area (TPSA) is 85.9 Å². The second-order valence-electron chi connectivity index (χ2n) is 5.87. The molecule has 2 rings (SSSR count). The Kier molecular flexibility index (Phi) is 7.45. The molecule has 0 bridgehead atoms. The highest BCUT2D eigenvalue weighted by atomic mass is 16.5. The zero-order valence-electron chi connectivity index (χ0n) is 16.4. The Morgan fingerprint density at radius 3 is 2.07 bits per heavy atom. The Morgan fingerprint density at radius 1 is 0.964 bits per heavy atom. The first-order chi connectivity index (χ1) is 13.5. The average molecular weight is 384 g/mol. The molecule has 0 saturated carbocycles. The molecule has 0 unspecified atom stereocenters. The van der Waals surface area contributed by atoms with Crippen molar-refractivity contribution in [2.75, 3.05) is 21.3 Å². The van der Waals surface area contributed by atoms with Crippen LogP contribution in [0.2, 0.25) is 0 Å². The van der Waals surface area contributed by atoms with Gasteiger partial charge in [0.2, 0.25) is 11.7 Å². The maximum atomic E-state index is 12.6. The number of benzene rings is 2. The largest absolute Gasteiger partial charge is 0.493 e. The van der Waals surface area contributed by atoms with E-state index in [0.29, 0.717) is 17.2 Å². The van der Waals surface area contributed by atoms with Crippen molar-refractivity contribution in [3.63, 3.8) is 0 Å². The van der Waals surface area contributed by atoms with Gasteiger partial charge in [-0.2, -0.15) is 0 Å². The molecule has 2 amide bonds. The van der Waals surface area contributed by atoms with Gasteiger partial charge >= 0.3 is 0 Å². The third-order valence-electron chi connectivity index (χ3n) is 3.84. The zero-order valence-corrected chi connectivity index (χ0v) is 16.4. The molecule has 2 aromatic rings. The summed E-state index contributed by atoms with van der Waals surface area (Å²) in [5.41, 5.74) is 1.71. The van der Waals surface area contributed by atoms with Crippen molar-refractivity contribution >= 4 is 17.9 Å². The highest BCUT2D eigenvalue weighted by molar-refractivity contribution is 6.00. The van der Waals surface area contributed by atoms with Crippen molar-refractivity contribution in [1.82, 2.24) is 10.6 Å². The van der Waals surface area contributed by atoms with Crippen LogP contribution in [0.4, 0.5) is 0 Å². The van der Waals surface area contributed by atoms with Crippen molar-refractivity contribution in [1.29, 1.82) is 0 Å². The maximum Gasteiger partial charge on any atom is 0.268 e. The Balaban J connectivity index is 2.20. The van der Waals surface area contributed by atoms with Gasteiger partial charge in [0.25, 0.3) is 5.91 Å². The summed E-state index contributed by atoms with van der Waals surface area (Å²) in [6, 6.07) is 12.8. The summed E-state index contributed by atoms with van der Waals surface area (Å²) in [4.78, 5) is 24.1. The van der Waals surface area contributed by atoms with Gasteiger partial charge in [-0.05, 0) is 29.3 Å². The lowest BCUT2D eigenvalue weighted by Gasteiger charge is -2.15. The summed E-state index contributed by atoms with van der Waals surface area (Å²) in [5, 5.41) is 5.36. The van der Waals surface area contributed by atoms with Crippen molar-refractivity contribution in [3.8, 4) is 17.2 Å². The molecule has 0 atom stereocenters. The van der Waals surface area contributed by atoms with Gasteiger partial charge in [0, 0.05) is 13.5 Å². The molecule has 0 radical (unpaired) electrons. The number of amides is 2. The molecule has 28 heavy (non-hydrogen) atoms. The van der Waals surface area contributed by atoms with E-state index in [1.807, 2.05) is 30.3 Å². The molecule has 0 spiro atoms. The summed E-state index contributed by atoms with van der Waals surface area (Å²) in [7, 11) is 4.57. The second kappa shape index (κ2) is 10.0. The Hall–Kier alpha value is -3.48. The normalized spacial score (nSPS) is 10.8. The molecular weight excluding hydrogens is 360 g/mol. The number of carbonyl (C=O) groups is 2. The van der Waals surface area contributed by atoms with Crippen LogP contribution in [-0.2, 0) is 16.1 Å². The van der Waals surface area contributed by atoms with E-state index in [1.54, 1.807) is 18.2 Å². The summed E-state index contributed by atoms with van der Waals surface area (Å²) in [6.45, 7) is 1.56. The van der Waals surface area contributed by atoms with Crippen LogP contribution < -0.4 is 24.8 Å². The molecule has 0 fully saturated rings. The summed E-state index contributed by atoms with van der Waals surface area (Å²) in [6.07, 6.45) is 1.62. The molecule has 0 aromatic heterocycles. The minimum atomic E-state index is -0.409. The monoisotopic (exact) mass is 384 g/mol. The standard InChI is InChI=1S/C21H24N2O5/c1-14(24)23-17(10-15-8-6-5-7-9-15)21(25)22-13-16-11-18(26-2)20(28-4)19(12-16)27-3/h5-12H,13H2,1-4H3,(H,22,25)(H,23,24)/b17-10-. The fourth-order valence-corrected chi connectivity index (χ4v) is 2.58. The van der Waals surface area contributed by atoms with E-state index in [1.165, 1.54) is 28.3 Å². The van der Waals surface area contributed by atoms with Gasteiger partial charge in [-0.25, -0.2) is 0 Å². The first-order valence-corrected chi connectivity index (χ1v) is 8.60. The lowest BCUT2D eigenvalue weighted by atomic mass is 10.1. The van der Waals surface area contributed by atoms with Gasteiger partial charge in [0.1, 0.15) is 5.70 Å². The predicted molar refractivity (Wildman–Crippen MR) is 106 cm³/mol. The minimum Gasteiger partial charge on any atom is -0.493 e. The number of hydrogen-bond acceptors (Lipinski definition) is 5. The molecule has 0 heterocycles. The molecule has 7 nitrogen and oxygen atoms in total. The van der Waals surface area contributed by atoms with Crippen LogP contribution in [0.25, 0.3) is 6.08 Å². The number of methoxy groups -OCH3 is 3. The van der Waals surface area contributed by atoms with E-state index in [4.69, 9.17) is 14.2 Å². The number of carbonyl (C=O) groups excluding carboxylic acids is 2. The van der Waals surface area contributed by atoms with E-state index < -0.39 is 5.91 Å². The predicted octanol–water partition coefficient (Wildman–Crippen LogP) is 2.51. The van der Waals surface area contributed by atoms with E-state index >= 15 is 0 Å². The lowest BCUT2D eigenvalue weighted by molar-refractivity contribution is -0.122. The van der Waals surface area contributed by atoms with Crippen LogP contribution in [0.1, 0.15) is 18.1 Å². The van der Waals surface area contributed by atoms with Crippen LogP contribution in [0, 0.1) is 0 Å².